The lowest BCUT2D eigenvalue weighted by Crippen LogP contribution is -2.51. The third-order valence-corrected chi connectivity index (χ3v) is 6.92. The van der Waals surface area contributed by atoms with Gasteiger partial charge in [-0.1, -0.05) is 4.68 Å². The predicted octanol–water partition coefficient (Wildman–Crippen LogP) is 1.87. The number of aromatic nitrogens is 5. The van der Waals surface area contributed by atoms with Crippen molar-refractivity contribution in [1.29, 1.82) is 0 Å². The zero-order valence-corrected chi connectivity index (χ0v) is 22.2. The SMILES string of the molecule is COc1cc(-n2cnc(Nc3nc(N4CCC[C@H]4CO)n[n+]4c3CN(C(C)C)C4=O)c2)cc(OC)c1OC. The molecule has 0 bridgehead atoms. The van der Waals surface area contributed by atoms with Gasteiger partial charge in [-0.25, -0.2) is 9.88 Å². The number of imidazole rings is 1. The number of hydrogen-bond donors (Lipinski definition) is 2. The number of methoxy groups -OCH3 is 3. The highest BCUT2D eigenvalue weighted by atomic mass is 16.5. The van der Waals surface area contributed by atoms with Gasteiger partial charge >= 0.3 is 6.03 Å². The molecular formula is C25H33N8O5+. The number of rotatable bonds is 9. The van der Waals surface area contributed by atoms with Gasteiger partial charge in [0.15, 0.2) is 23.9 Å². The molecule has 0 saturated carbocycles. The first-order chi connectivity index (χ1) is 18.4. The number of nitrogens with one attached hydrogen (secondary N) is 1. The Hall–Kier alpha value is -4.13. The average molecular weight is 526 g/mol. The molecule has 0 radical (unpaired) electrons. The van der Waals surface area contributed by atoms with Gasteiger partial charge in [-0.2, -0.15) is 9.78 Å². The van der Waals surface area contributed by atoms with E-state index in [0.717, 1.165) is 18.5 Å². The van der Waals surface area contributed by atoms with E-state index < -0.39 is 0 Å². The van der Waals surface area contributed by atoms with Crippen LogP contribution < -0.4 is 29.1 Å². The quantitative estimate of drug-likeness (QED) is 0.399. The van der Waals surface area contributed by atoms with Gasteiger partial charge in [0.1, 0.15) is 12.1 Å². The van der Waals surface area contributed by atoms with Crippen LogP contribution in [0.4, 0.5) is 22.4 Å². The van der Waals surface area contributed by atoms with Crippen LogP contribution in [0.25, 0.3) is 5.69 Å². The Morgan fingerprint density at radius 3 is 2.55 bits per heavy atom. The molecule has 2 aromatic heterocycles. The van der Waals surface area contributed by atoms with Gasteiger partial charge in [-0.05, 0) is 31.8 Å². The number of amides is 1. The molecule has 2 aliphatic rings. The Balaban J connectivity index is 1.51. The maximum absolute atomic E-state index is 13.2. The molecule has 13 nitrogen and oxygen atoms in total. The zero-order chi connectivity index (χ0) is 27.0. The van der Waals surface area contributed by atoms with Crippen molar-refractivity contribution in [1.82, 2.24) is 24.5 Å². The van der Waals surface area contributed by atoms with Gasteiger partial charge in [0, 0.05) is 18.7 Å². The average Bonchev–Trinajstić information content (AvgIpc) is 3.67. The minimum absolute atomic E-state index is 0.000862. The molecule has 1 saturated heterocycles. The van der Waals surface area contributed by atoms with Gasteiger partial charge in [-0.3, -0.25) is 0 Å². The van der Waals surface area contributed by atoms with E-state index in [2.05, 4.69) is 15.4 Å². The van der Waals surface area contributed by atoms with E-state index in [1.807, 2.05) is 41.6 Å². The molecule has 1 fully saturated rings. The van der Waals surface area contributed by atoms with Gasteiger partial charge in [0.05, 0.1) is 51.9 Å². The lowest BCUT2D eigenvalue weighted by atomic mass is 10.2. The Kier molecular flexibility index (Phi) is 6.93. The van der Waals surface area contributed by atoms with E-state index in [-0.39, 0.29) is 24.7 Å². The molecule has 3 aromatic rings. The monoisotopic (exact) mass is 525 g/mol. The Bertz CT molecular complexity index is 1320. The van der Waals surface area contributed by atoms with E-state index in [1.54, 1.807) is 32.6 Å². The molecule has 0 aliphatic carbocycles. The van der Waals surface area contributed by atoms with E-state index >= 15 is 0 Å². The number of benzene rings is 1. The lowest BCUT2D eigenvalue weighted by molar-refractivity contribution is -0.635. The van der Waals surface area contributed by atoms with Gasteiger partial charge in [0.2, 0.25) is 11.4 Å². The molecule has 13 heteroatoms. The van der Waals surface area contributed by atoms with Crippen LogP contribution in [0.2, 0.25) is 0 Å². The van der Waals surface area contributed by atoms with Crippen LogP contribution in [0.1, 0.15) is 32.4 Å². The number of aliphatic hydroxyl groups is 1. The summed E-state index contributed by atoms with van der Waals surface area (Å²) in [5.41, 5.74) is 1.40. The van der Waals surface area contributed by atoms with Crippen molar-refractivity contribution in [3.63, 3.8) is 0 Å². The van der Waals surface area contributed by atoms with Crippen molar-refractivity contribution in [3.8, 4) is 22.9 Å². The van der Waals surface area contributed by atoms with Gasteiger partial charge in [0.25, 0.3) is 5.95 Å². The summed E-state index contributed by atoms with van der Waals surface area (Å²) in [5.74, 6) is 2.97. The van der Waals surface area contributed by atoms with E-state index in [1.165, 1.54) is 4.68 Å². The first-order valence-corrected chi connectivity index (χ1v) is 12.5. The molecule has 5 rings (SSSR count). The smallest absolute Gasteiger partial charge is 0.493 e. The Morgan fingerprint density at radius 1 is 1.18 bits per heavy atom. The molecule has 202 valence electrons. The minimum Gasteiger partial charge on any atom is -0.493 e. The molecule has 0 spiro atoms. The standard InChI is InChI=1S/C25H33N8O5/c1-15(2)32-11-18-23(28-24(29-33(18)25(32)35)31-8-6-7-16(31)13-34)27-21-12-30(14-26-21)17-9-19(36-3)22(38-5)20(10-17)37-4/h9-10,12,14-16,34H,6-8,11,13H2,1-5H3,(H,27,28,29)/q+1/t16-/m0/s1. The molecular weight excluding hydrogens is 492 g/mol. The second kappa shape index (κ2) is 10.3. The van der Waals surface area contributed by atoms with Crippen LogP contribution >= 0.6 is 0 Å². The van der Waals surface area contributed by atoms with Crippen LogP contribution in [0.3, 0.4) is 0 Å². The van der Waals surface area contributed by atoms with E-state index in [0.29, 0.717) is 53.6 Å². The topological polar surface area (TPSA) is 131 Å². The normalized spacial score (nSPS) is 16.8. The largest absolute Gasteiger partial charge is 0.520 e. The van der Waals surface area contributed by atoms with Gasteiger partial charge in [-0.15, -0.1) is 0 Å². The summed E-state index contributed by atoms with van der Waals surface area (Å²) in [7, 11) is 4.69. The second-order valence-electron chi connectivity index (χ2n) is 9.47. The summed E-state index contributed by atoms with van der Waals surface area (Å²) in [6.07, 6.45) is 5.23. The third kappa shape index (κ3) is 4.42. The number of aliphatic hydroxyl groups excluding tert-OH is 1. The Morgan fingerprint density at radius 2 is 1.92 bits per heavy atom. The summed E-state index contributed by atoms with van der Waals surface area (Å²) in [5, 5.41) is 17.7. The zero-order valence-electron chi connectivity index (χ0n) is 22.2. The van der Waals surface area contributed by atoms with Crippen molar-refractivity contribution >= 4 is 23.6 Å². The maximum Gasteiger partial charge on any atom is 0.520 e. The molecule has 4 heterocycles. The molecule has 1 aromatic carbocycles. The third-order valence-electron chi connectivity index (χ3n) is 6.92. The lowest BCUT2D eigenvalue weighted by Gasteiger charge is -2.22. The molecule has 1 atom stereocenters. The number of carbonyl (C=O) groups excluding carboxylic acids is 1. The number of fused-ring (bicyclic) bond motifs is 1. The first kappa shape index (κ1) is 25.5. The Labute approximate surface area is 220 Å². The van der Waals surface area contributed by atoms with Crippen molar-refractivity contribution in [2.75, 3.05) is 44.7 Å². The number of nitrogens with zero attached hydrogens (tertiary/aromatic N) is 7. The maximum atomic E-state index is 13.2. The van der Waals surface area contributed by atoms with Crippen LogP contribution in [0.15, 0.2) is 24.7 Å². The fourth-order valence-electron chi connectivity index (χ4n) is 4.87. The highest BCUT2D eigenvalue weighted by molar-refractivity contribution is 5.69. The molecule has 0 unspecified atom stereocenters. The number of anilines is 3. The van der Waals surface area contributed by atoms with Crippen LogP contribution in [-0.4, -0.2) is 82.2 Å². The summed E-state index contributed by atoms with van der Waals surface area (Å²) >= 11 is 0. The highest BCUT2D eigenvalue weighted by Crippen LogP contribution is 2.39. The fourth-order valence-corrected chi connectivity index (χ4v) is 4.87. The first-order valence-electron chi connectivity index (χ1n) is 12.5. The second-order valence-corrected chi connectivity index (χ2v) is 9.47. The van der Waals surface area contributed by atoms with E-state index in [9.17, 15) is 9.90 Å². The molecule has 1 amide bonds. The summed E-state index contributed by atoms with van der Waals surface area (Å²) in [4.78, 5) is 26.2. The van der Waals surface area contributed by atoms with Crippen LogP contribution in [0.5, 0.6) is 17.2 Å². The van der Waals surface area contributed by atoms with Crippen LogP contribution in [-0.2, 0) is 6.54 Å². The molecule has 2 aliphatic heterocycles. The van der Waals surface area contributed by atoms with Crippen LogP contribution in [0, 0.1) is 0 Å². The van der Waals surface area contributed by atoms with Crippen molar-refractivity contribution in [3.05, 3.63) is 30.4 Å². The van der Waals surface area contributed by atoms with E-state index in [4.69, 9.17) is 19.2 Å². The highest BCUT2D eigenvalue weighted by Gasteiger charge is 2.44. The fraction of sp³-hybridized carbons (Fsp3) is 0.480. The summed E-state index contributed by atoms with van der Waals surface area (Å²) in [6, 6.07) is 3.36. The molecule has 2 N–H and O–H groups in total. The van der Waals surface area contributed by atoms with Crippen molar-refractivity contribution in [2.45, 2.75) is 45.3 Å². The minimum atomic E-state index is -0.204. The van der Waals surface area contributed by atoms with Gasteiger partial charge < -0.3 is 34.1 Å². The summed E-state index contributed by atoms with van der Waals surface area (Å²) < 4.78 is 19.6. The summed E-state index contributed by atoms with van der Waals surface area (Å²) in [6.45, 7) is 5.01. The molecule has 38 heavy (non-hydrogen) atoms. The number of ether oxygens (including phenoxy) is 3. The number of hydrogen-bond acceptors (Lipinski definition) is 10. The predicted molar refractivity (Wildman–Crippen MR) is 138 cm³/mol. The van der Waals surface area contributed by atoms with Crippen molar-refractivity contribution < 1.29 is 28.8 Å². The van der Waals surface area contributed by atoms with Crippen molar-refractivity contribution in [2.24, 2.45) is 0 Å². The number of carbonyl (C=O) groups is 1.